The van der Waals surface area contributed by atoms with Crippen LogP contribution in [-0.4, -0.2) is 44.0 Å². The lowest BCUT2D eigenvalue weighted by molar-refractivity contribution is -0.142. The molecule has 8 nitrogen and oxygen atoms in total. The molecule has 1 aromatic carbocycles. The first kappa shape index (κ1) is 21.3. The molecule has 2 aromatic heterocycles. The molecule has 0 unspecified atom stereocenters. The molecule has 0 aliphatic carbocycles. The van der Waals surface area contributed by atoms with E-state index in [2.05, 4.69) is 20.5 Å². The van der Waals surface area contributed by atoms with Crippen molar-refractivity contribution < 1.29 is 14.3 Å². The van der Waals surface area contributed by atoms with Gasteiger partial charge in [0.15, 0.2) is 16.1 Å². The van der Waals surface area contributed by atoms with Crippen molar-refractivity contribution >= 4 is 51.7 Å². The summed E-state index contributed by atoms with van der Waals surface area (Å²) < 4.78 is 6.71. The highest BCUT2D eigenvalue weighted by atomic mass is 35.5. The number of halogens is 1. The second-order valence-corrected chi connectivity index (χ2v) is 8.07. The van der Waals surface area contributed by atoms with Crippen LogP contribution in [0.2, 0.25) is 5.02 Å². The Morgan fingerprint density at radius 1 is 1.28 bits per heavy atom. The highest BCUT2D eigenvalue weighted by Crippen LogP contribution is 2.24. The van der Waals surface area contributed by atoms with Crippen molar-refractivity contribution in [3.05, 3.63) is 40.4 Å². The molecule has 3 aromatic rings. The predicted octanol–water partition coefficient (Wildman–Crippen LogP) is 3.43. The van der Waals surface area contributed by atoms with Gasteiger partial charge in [-0.2, -0.15) is 0 Å². The number of thioether (sulfide) groups is 1. The topological polar surface area (TPSA) is 99.0 Å². The van der Waals surface area contributed by atoms with E-state index >= 15 is 0 Å². The number of rotatable bonds is 8. The average molecular weight is 452 g/mol. The summed E-state index contributed by atoms with van der Waals surface area (Å²) in [5, 5.41) is 14.5. The molecule has 0 saturated heterocycles. The quantitative estimate of drug-likeness (QED) is 0.413. The SMILES string of the molecule is CCOC(=O)Cc1csc(NC(=O)CSc2nnc(-c3ccc(Cl)cc3)n2C)n1. The number of nitrogens with one attached hydrogen (secondary N) is 1. The Morgan fingerprint density at radius 2 is 2.03 bits per heavy atom. The van der Waals surface area contributed by atoms with Gasteiger partial charge in [0.05, 0.1) is 24.5 Å². The molecular formula is C18H18ClN5O3S2. The Labute approximate surface area is 180 Å². The van der Waals surface area contributed by atoms with Gasteiger partial charge >= 0.3 is 5.97 Å². The Balaban J connectivity index is 1.54. The maximum Gasteiger partial charge on any atom is 0.311 e. The van der Waals surface area contributed by atoms with Crippen LogP contribution in [0.1, 0.15) is 12.6 Å². The van der Waals surface area contributed by atoms with Gasteiger partial charge in [-0.3, -0.25) is 9.59 Å². The highest BCUT2D eigenvalue weighted by Gasteiger charge is 2.14. The molecule has 11 heteroatoms. The summed E-state index contributed by atoms with van der Waals surface area (Å²) in [7, 11) is 1.84. The van der Waals surface area contributed by atoms with Crippen LogP contribution in [0.3, 0.4) is 0 Å². The Morgan fingerprint density at radius 3 is 2.76 bits per heavy atom. The lowest BCUT2D eigenvalue weighted by Crippen LogP contribution is -2.14. The molecule has 29 heavy (non-hydrogen) atoms. The first-order valence-electron chi connectivity index (χ1n) is 8.64. The van der Waals surface area contributed by atoms with Gasteiger partial charge in [0.25, 0.3) is 0 Å². The minimum atomic E-state index is -0.343. The van der Waals surface area contributed by atoms with Gasteiger partial charge in [-0.25, -0.2) is 4.98 Å². The van der Waals surface area contributed by atoms with Crippen molar-refractivity contribution in [3.8, 4) is 11.4 Å². The number of thiazole rings is 1. The number of carbonyl (C=O) groups excluding carboxylic acids is 2. The summed E-state index contributed by atoms with van der Waals surface area (Å²) in [5.74, 6) is 0.278. The van der Waals surface area contributed by atoms with Crippen molar-refractivity contribution in [2.45, 2.75) is 18.5 Å². The van der Waals surface area contributed by atoms with Gasteiger partial charge in [-0.15, -0.1) is 21.5 Å². The molecule has 0 fully saturated rings. The molecule has 0 radical (unpaired) electrons. The maximum atomic E-state index is 12.2. The minimum absolute atomic E-state index is 0.0847. The molecule has 0 saturated carbocycles. The Hall–Kier alpha value is -2.43. The summed E-state index contributed by atoms with van der Waals surface area (Å²) in [5.41, 5.74) is 1.45. The van der Waals surface area contributed by atoms with E-state index < -0.39 is 0 Å². The second-order valence-electron chi connectivity index (χ2n) is 5.83. The number of ether oxygens (including phenoxy) is 1. The fourth-order valence-corrected chi connectivity index (χ4v) is 3.95. The van der Waals surface area contributed by atoms with Crippen LogP contribution in [0.25, 0.3) is 11.4 Å². The van der Waals surface area contributed by atoms with E-state index in [-0.39, 0.29) is 24.1 Å². The number of benzene rings is 1. The van der Waals surface area contributed by atoms with E-state index in [9.17, 15) is 9.59 Å². The largest absolute Gasteiger partial charge is 0.466 e. The van der Waals surface area contributed by atoms with Crippen LogP contribution < -0.4 is 5.32 Å². The molecule has 0 aliphatic rings. The van der Waals surface area contributed by atoms with Crippen LogP contribution in [0.4, 0.5) is 5.13 Å². The van der Waals surface area contributed by atoms with Crippen LogP contribution in [-0.2, 0) is 27.8 Å². The zero-order valence-corrected chi connectivity index (χ0v) is 18.1. The molecule has 0 aliphatic heterocycles. The number of aromatic nitrogens is 4. The summed E-state index contributed by atoms with van der Waals surface area (Å²) in [6, 6.07) is 7.31. The summed E-state index contributed by atoms with van der Waals surface area (Å²) in [6.45, 7) is 2.07. The first-order chi connectivity index (χ1) is 14.0. The summed E-state index contributed by atoms with van der Waals surface area (Å²) in [4.78, 5) is 27.9. The summed E-state index contributed by atoms with van der Waals surface area (Å²) >= 11 is 8.45. The van der Waals surface area contributed by atoms with Gasteiger partial charge < -0.3 is 14.6 Å². The van der Waals surface area contributed by atoms with E-state index in [1.54, 1.807) is 24.4 Å². The Kier molecular flexibility index (Phi) is 7.24. The smallest absolute Gasteiger partial charge is 0.311 e. The highest BCUT2D eigenvalue weighted by molar-refractivity contribution is 7.99. The Bertz CT molecular complexity index is 1000. The summed E-state index contributed by atoms with van der Waals surface area (Å²) in [6.07, 6.45) is 0.0847. The van der Waals surface area contributed by atoms with E-state index in [0.29, 0.717) is 33.4 Å². The van der Waals surface area contributed by atoms with Crippen molar-refractivity contribution in [2.24, 2.45) is 7.05 Å². The van der Waals surface area contributed by atoms with Crippen molar-refractivity contribution in [3.63, 3.8) is 0 Å². The number of anilines is 1. The lowest BCUT2D eigenvalue weighted by Gasteiger charge is -2.04. The molecule has 1 amide bonds. The van der Waals surface area contributed by atoms with Gasteiger partial charge in [-0.1, -0.05) is 23.4 Å². The van der Waals surface area contributed by atoms with E-state index in [0.717, 1.165) is 5.56 Å². The fourth-order valence-electron chi connectivity index (χ4n) is 2.38. The zero-order chi connectivity index (χ0) is 20.8. The number of amides is 1. The molecule has 3 rings (SSSR count). The maximum absolute atomic E-state index is 12.2. The van der Waals surface area contributed by atoms with Gasteiger partial charge in [-0.05, 0) is 31.2 Å². The van der Waals surface area contributed by atoms with Gasteiger partial charge in [0.1, 0.15) is 0 Å². The monoisotopic (exact) mass is 451 g/mol. The number of hydrogen-bond acceptors (Lipinski definition) is 8. The number of carbonyl (C=O) groups is 2. The standard InChI is InChI=1S/C18H18ClN5O3S2/c1-3-27-15(26)8-13-9-28-17(20-13)21-14(25)10-29-18-23-22-16(24(18)2)11-4-6-12(19)7-5-11/h4-7,9H,3,8,10H2,1-2H3,(H,20,21,25). The van der Waals surface area contributed by atoms with Crippen molar-refractivity contribution in [1.82, 2.24) is 19.7 Å². The van der Waals surface area contributed by atoms with Crippen LogP contribution >= 0.6 is 34.7 Å². The number of nitrogens with zero attached hydrogens (tertiary/aromatic N) is 4. The van der Waals surface area contributed by atoms with Gasteiger partial charge in [0, 0.05) is 23.0 Å². The average Bonchev–Trinajstić information content (AvgIpc) is 3.27. The number of esters is 1. The third kappa shape index (κ3) is 5.78. The van der Waals surface area contributed by atoms with Gasteiger partial charge in [0.2, 0.25) is 5.91 Å². The molecule has 2 heterocycles. The van der Waals surface area contributed by atoms with Crippen LogP contribution in [0.15, 0.2) is 34.8 Å². The van der Waals surface area contributed by atoms with Crippen LogP contribution in [0.5, 0.6) is 0 Å². The third-order valence-corrected chi connectivity index (χ3v) is 5.78. The molecule has 152 valence electrons. The second kappa shape index (κ2) is 9.86. The van der Waals surface area contributed by atoms with E-state index in [1.807, 2.05) is 23.7 Å². The minimum Gasteiger partial charge on any atom is -0.466 e. The first-order valence-corrected chi connectivity index (χ1v) is 10.9. The zero-order valence-electron chi connectivity index (χ0n) is 15.7. The molecule has 1 N–H and O–H groups in total. The normalized spacial score (nSPS) is 10.7. The fraction of sp³-hybridized carbons (Fsp3) is 0.278. The van der Waals surface area contributed by atoms with Crippen molar-refractivity contribution in [2.75, 3.05) is 17.7 Å². The van der Waals surface area contributed by atoms with E-state index in [1.165, 1.54) is 23.1 Å². The van der Waals surface area contributed by atoms with Crippen molar-refractivity contribution in [1.29, 1.82) is 0 Å². The molecule has 0 bridgehead atoms. The van der Waals surface area contributed by atoms with E-state index in [4.69, 9.17) is 16.3 Å². The molecule has 0 atom stereocenters. The lowest BCUT2D eigenvalue weighted by atomic mass is 10.2. The predicted molar refractivity (Wildman–Crippen MR) is 113 cm³/mol. The molecular weight excluding hydrogens is 434 g/mol. The number of hydrogen-bond donors (Lipinski definition) is 1. The third-order valence-electron chi connectivity index (χ3n) is 3.70. The van der Waals surface area contributed by atoms with Crippen LogP contribution in [0, 0.1) is 0 Å². The molecule has 0 spiro atoms.